The molecule has 6 nitrogen and oxygen atoms in total. The van der Waals surface area contributed by atoms with E-state index in [0.717, 1.165) is 30.7 Å². The fourth-order valence-electron chi connectivity index (χ4n) is 3.20. The molecule has 0 aliphatic carbocycles. The molecule has 1 unspecified atom stereocenters. The number of nitrogens with zero attached hydrogens (tertiary/aromatic N) is 4. The Kier molecular flexibility index (Phi) is 6.55. The molecule has 1 saturated heterocycles. The molecule has 8 heteroatoms. The number of fused-ring (bicyclic) bond motifs is 1. The second-order valence-electron chi connectivity index (χ2n) is 6.28. The van der Waals surface area contributed by atoms with Crippen LogP contribution in [0.25, 0.3) is 5.52 Å². The van der Waals surface area contributed by atoms with Crippen molar-refractivity contribution in [1.29, 1.82) is 0 Å². The molecule has 3 heterocycles. The number of likely N-dealkylation sites (tertiary alicyclic amines) is 1. The average molecular weight is 454 g/mol. The Balaban J connectivity index is 1.79. The van der Waals surface area contributed by atoms with Gasteiger partial charge in [-0.25, -0.2) is 14.8 Å². The van der Waals surface area contributed by atoms with Crippen LogP contribution < -0.4 is 0 Å². The maximum Gasteiger partial charge on any atom is 0.410 e. The van der Waals surface area contributed by atoms with E-state index in [-0.39, 0.29) is 18.7 Å². The molecule has 0 spiro atoms. The third kappa shape index (κ3) is 4.19. The summed E-state index contributed by atoms with van der Waals surface area (Å²) in [6.07, 6.45) is 11.8. The van der Waals surface area contributed by atoms with Crippen molar-refractivity contribution in [1.82, 2.24) is 19.3 Å². The summed E-state index contributed by atoms with van der Waals surface area (Å²) in [5.74, 6) is 0.757. The zero-order chi connectivity index (χ0) is 19.4. The molecule has 1 atom stereocenters. The van der Waals surface area contributed by atoms with Crippen LogP contribution in [0.2, 0.25) is 5.15 Å². The normalized spacial score (nSPS) is 18.0. The quantitative estimate of drug-likeness (QED) is 0.574. The van der Waals surface area contributed by atoms with Gasteiger partial charge in [0.25, 0.3) is 0 Å². The number of aromatic nitrogens is 3. The van der Waals surface area contributed by atoms with Gasteiger partial charge in [0.15, 0.2) is 5.15 Å². The van der Waals surface area contributed by atoms with E-state index in [1.165, 1.54) is 0 Å². The highest BCUT2D eigenvalue weighted by molar-refractivity contribution is 9.10. The Bertz CT molecular complexity index is 893. The third-order valence-electron chi connectivity index (χ3n) is 4.58. The first-order chi connectivity index (χ1) is 13.1. The van der Waals surface area contributed by atoms with Crippen LogP contribution in [-0.2, 0) is 4.74 Å². The van der Waals surface area contributed by atoms with Gasteiger partial charge in [-0.1, -0.05) is 36.8 Å². The first-order valence-corrected chi connectivity index (χ1v) is 10.2. The molecule has 0 N–H and O–H groups in total. The molecule has 0 radical (unpaired) electrons. The summed E-state index contributed by atoms with van der Waals surface area (Å²) in [6.45, 7) is 4.91. The number of amides is 1. The van der Waals surface area contributed by atoms with Gasteiger partial charge in [-0.2, -0.15) is 0 Å². The number of allylic oxidation sites excluding steroid dienone is 2. The Morgan fingerprint density at radius 3 is 3.07 bits per heavy atom. The summed E-state index contributed by atoms with van der Waals surface area (Å²) in [4.78, 5) is 23.1. The molecule has 1 aliphatic rings. The number of ether oxygens (including phenoxy) is 1. The summed E-state index contributed by atoms with van der Waals surface area (Å²) in [5, 5.41) is 0.371. The highest BCUT2D eigenvalue weighted by Crippen LogP contribution is 2.35. The summed E-state index contributed by atoms with van der Waals surface area (Å²) in [7, 11) is 0. The second kappa shape index (κ2) is 8.89. The van der Waals surface area contributed by atoms with Crippen molar-refractivity contribution in [2.24, 2.45) is 0 Å². The van der Waals surface area contributed by atoms with Crippen LogP contribution in [0.4, 0.5) is 4.79 Å². The van der Waals surface area contributed by atoms with E-state index >= 15 is 0 Å². The SMILES string of the molecule is C/C=C(\C=C/CC)COC(=O)N1CCCC1c1nc(Br)c2c(Cl)nccn12. The highest BCUT2D eigenvalue weighted by atomic mass is 79.9. The van der Waals surface area contributed by atoms with E-state index < -0.39 is 0 Å². The van der Waals surface area contributed by atoms with Gasteiger partial charge in [0, 0.05) is 18.9 Å². The molecule has 3 rings (SSSR count). The number of imidazole rings is 1. The van der Waals surface area contributed by atoms with Crippen molar-refractivity contribution in [3.8, 4) is 0 Å². The molecule has 0 bridgehead atoms. The van der Waals surface area contributed by atoms with Crippen LogP contribution in [0.3, 0.4) is 0 Å². The highest BCUT2D eigenvalue weighted by Gasteiger charge is 2.34. The molecule has 0 saturated carbocycles. The topological polar surface area (TPSA) is 59.7 Å². The van der Waals surface area contributed by atoms with Crippen molar-refractivity contribution >= 4 is 39.1 Å². The second-order valence-corrected chi connectivity index (χ2v) is 7.39. The predicted octanol–water partition coefficient (Wildman–Crippen LogP) is 5.33. The fraction of sp³-hybridized carbons (Fsp3) is 0.421. The van der Waals surface area contributed by atoms with Crippen LogP contribution in [-0.4, -0.2) is 38.5 Å². The number of halogens is 2. The number of hydrogen-bond acceptors (Lipinski definition) is 4. The minimum Gasteiger partial charge on any atom is -0.445 e. The van der Waals surface area contributed by atoms with Gasteiger partial charge < -0.3 is 4.74 Å². The van der Waals surface area contributed by atoms with E-state index in [2.05, 4.69) is 32.8 Å². The maximum atomic E-state index is 12.7. The van der Waals surface area contributed by atoms with Crippen LogP contribution in [0.15, 0.2) is 40.8 Å². The Hall–Kier alpha value is -1.86. The van der Waals surface area contributed by atoms with E-state index in [4.69, 9.17) is 16.3 Å². The third-order valence-corrected chi connectivity index (χ3v) is 5.41. The molecule has 1 amide bonds. The van der Waals surface area contributed by atoms with Crippen molar-refractivity contribution in [3.63, 3.8) is 0 Å². The lowest BCUT2D eigenvalue weighted by Crippen LogP contribution is -2.32. The molecule has 2 aromatic rings. The fourth-order valence-corrected chi connectivity index (χ4v) is 4.11. The molecule has 27 heavy (non-hydrogen) atoms. The van der Waals surface area contributed by atoms with Gasteiger partial charge in [-0.05, 0) is 47.7 Å². The first-order valence-electron chi connectivity index (χ1n) is 8.99. The van der Waals surface area contributed by atoms with Crippen LogP contribution in [0, 0.1) is 0 Å². The van der Waals surface area contributed by atoms with Gasteiger partial charge in [0.05, 0.1) is 6.04 Å². The van der Waals surface area contributed by atoms with Crippen molar-refractivity contribution in [2.45, 2.75) is 39.2 Å². The molecular weight excluding hydrogens is 432 g/mol. The van der Waals surface area contributed by atoms with Crippen molar-refractivity contribution < 1.29 is 9.53 Å². The Labute approximate surface area is 172 Å². The van der Waals surface area contributed by atoms with E-state index in [1.54, 1.807) is 11.1 Å². The van der Waals surface area contributed by atoms with Crippen LogP contribution >= 0.6 is 27.5 Å². The average Bonchev–Trinajstić information content (AvgIpc) is 3.27. The predicted molar refractivity (Wildman–Crippen MR) is 109 cm³/mol. The Morgan fingerprint density at radius 2 is 2.33 bits per heavy atom. The summed E-state index contributed by atoms with van der Waals surface area (Å²) in [6, 6.07) is -0.157. The van der Waals surface area contributed by atoms with Crippen LogP contribution in [0.1, 0.15) is 45.0 Å². The van der Waals surface area contributed by atoms with Gasteiger partial charge in [-0.15, -0.1) is 0 Å². The van der Waals surface area contributed by atoms with Gasteiger partial charge in [0.2, 0.25) is 0 Å². The zero-order valence-corrected chi connectivity index (χ0v) is 17.7. The Morgan fingerprint density at radius 1 is 1.52 bits per heavy atom. The number of rotatable bonds is 5. The number of hydrogen-bond donors (Lipinski definition) is 0. The number of carbonyl (C=O) groups is 1. The van der Waals surface area contributed by atoms with Crippen molar-refractivity contribution in [2.75, 3.05) is 13.2 Å². The molecule has 1 fully saturated rings. The maximum absolute atomic E-state index is 12.7. The van der Waals surface area contributed by atoms with E-state index in [9.17, 15) is 4.79 Å². The summed E-state index contributed by atoms with van der Waals surface area (Å²) in [5.41, 5.74) is 1.68. The molecular formula is C19H22BrClN4O2. The zero-order valence-electron chi connectivity index (χ0n) is 15.4. The summed E-state index contributed by atoms with van der Waals surface area (Å²) < 4.78 is 8.06. The smallest absolute Gasteiger partial charge is 0.410 e. The molecule has 1 aliphatic heterocycles. The molecule has 0 aromatic carbocycles. The van der Waals surface area contributed by atoms with Gasteiger partial charge >= 0.3 is 6.09 Å². The minimum absolute atomic E-state index is 0.157. The van der Waals surface area contributed by atoms with Crippen molar-refractivity contribution in [3.05, 3.63) is 51.8 Å². The van der Waals surface area contributed by atoms with Gasteiger partial charge in [-0.3, -0.25) is 9.30 Å². The minimum atomic E-state index is -0.324. The molecule has 144 valence electrons. The summed E-state index contributed by atoms with van der Waals surface area (Å²) >= 11 is 9.65. The van der Waals surface area contributed by atoms with Gasteiger partial charge in [0.1, 0.15) is 22.6 Å². The lowest BCUT2D eigenvalue weighted by Gasteiger charge is -2.23. The van der Waals surface area contributed by atoms with Crippen LogP contribution in [0.5, 0.6) is 0 Å². The standard InChI is InChI=1S/C19H22BrClN4O2/c1-3-5-7-13(4-2)12-27-19(26)24-10-6-8-14(24)18-23-16(20)15-17(21)22-9-11-25(15)18/h4-5,7,9,11,14H,3,6,8,10,12H2,1-2H3/b7-5-,13-4+. The lowest BCUT2D eigenvalue weighted by molar-refractivity contribution is 0.105. The first kappa shape index (κ1) is 19.9. The number of carbonyl (C=O) groups excluding carboxylic acids is 1. The van der Waals surface area contributed by atoms with E-state index in [1.807, 2.05) is 35.7 Å². The largest absolute Gasteiger partial charge is 0.445 e. The monoisotopic (exact) mass is 452 g/mol. The lowest BCUT2D eigenvalue weighted by atomic mass is 10.2. The molecule has 2 aromatic heterocycles. The van der Waals surface area contributed by atoms with E-state index in [0.29, 0.717) is 21.8 Å².